The smallest absolute Gasteiger partial charge is 0.157 e. The Morgan fingerprint density at radius 3 is 2.69 bits per heavy atom. The third-order valence-corrected chi connectivity index (χ3v) is 2.41. The summed E-state index contributed by atoms with van der Waals surface area (Å²) >= 11 is 0. The zero-order chi connectivity index (χ0) is 11.4. The van der Waals surface area contributed by atoms with Gasteiger partial charge in [0.2, 0.25) is 0 Å². The van der Waals surface area contributed by atoms with Gasteiger partial charge in [0, 0.05) is 0 Å². The number of nitrogens with two attached hydrogens (primary N) is 1. The van der Waals surface area contributed by atoms with Crippen molar-refractivity contribution < 1.29 is 4.52 Å². The molecule has 3 heteroatoms. The van der Waals surface area contributed by atoms with Crippen molar-refractivity contribution in [2.75, 3.05) is 5.73 Å². The largest absolute Gasteiger partial charge is 0.394 e. The van der Waals surface area contributed by atoms with Gasteiger partial charge in [0.25, 0.3) is 0 Å². The molecule has 0 bridgehead atoms. The molecule has 3 nitrogen and oxygen atoms in total. The highest BCUT2D eigenvalue weighted by Gasteiger charge is 2.04. The summed E-state index contributed by atoms with van der Waals surface area (Å²) in [6.45, 7) is 1.80. The van der Waals surface area contributed by atoms with Crippen LogP contribution in [0.15, 0.2) is 40.9 Å². The molecule has 2 aromatic rings. The lowest BCUT2D eigenvalue weighted by Gasteiger charge is -1.93. The van der Waals surface area contributed by atoms with Crippen molar-refractivity contribution >= 4 is 11.8 Å². The fraction of sp³-hybridized carbons (Fsp3) is 0.154. The Hall–Kier alpha value is -2.03. The van der Waals surface area contributed by atoms with Crippen LogP contribution in [0.25, 0.3) is 6.08 Å². The van der Waals surface area contributed by atoms with Gasteiger partial charge in [-0.05, 0) is 25.0 Å². The van der Waals surface area contributed by atoms with Crippen molar-refractivity contribution in [1.29, 1.82) is 0 Å². The molecule has 0 fully saturated rings. The van der Waals surface area contributed by atoms with Gasteiger partial charge in [0.15, 0.2) is 5.76 Å². The van der Waals surface area contributed by atoms with E-state index in [0.29, 0.717) is 17.1 Å². The van der Waals surface area contributed by atoms with Crippen LogP contribution in [0.5, 0.6) is 0 Å². The lowest BCUT2D eigenvalue weighted by molar-refractivity contribution is 0.396. The fourth-order valence-electron chi connectivity index (χ4n) is 1.44. The second-order valence-corrected chi connectivity index (χ2v) is 3.63. The molecule has 1 aromatic heterocycles. The number of allylic oxidation sites excluding steroid dienone is 1. The summed E-state index contributed by atoms with van der Waals surface area (Å²) in [5.74, 6) is 0.666. The summed E-state index contributed by atoms with van der Waals surface area (Å²) in [6, 6.07) is 10.2. The summed E-state index contributed by atoms with van der Waals surface area (Å²) in [5.41, 5.74) is 8.35. The summed E-state index contributed by atoms with van der Waals surface area (Å²) in [7, 11) is 0. The number of hydrogen-bond acceptors (Lipinski definition) is 3. The number of benzene rings is 1. The number of anilines is 1. The Balaban J connectivity index is 2.03. The van der Waals surface area contributed by atoms with E-state index in [0.717, 1.165) is 6.42 Å². The van der Waals surface area contributed by atoms with Gasteiger partial charge in [-0.1, -0.05) is 41.6 Å². The SMILES string of the molecule is Cc1onc(C=CCc2ccccc2)c1N. The first-order valence-electron chi connectivity index (χ1n) is 5.19. The molecule has 0 spiro atoms. The van der Waals surface area contributed by atoms with Crippen LogP contribution >= 0.6 is 0 Å². The maximum Gasteiger partial charge on any atom is 0.157 e. The van der Waals surface area contributed by atoms with Crippen LogP contribution in [0, 0.1) is 6.92 Å². The Morgan fingerprint density at radius 1 is 1.31 bits per heavy atom. The van der Waals surface area contributed by atoms with Crippen molar-refractivity contribution in [3.8, 4) is 0 Å². The molecule has 16 heavy (non-hydrogen) atoms. The molecule has 1 heterocycles. The average Bonchev–Trinajstić information content (AvgIpc) is 2.62. The van der Waals surface area contributed by atoms with Gasteiger partial charge in [-0.2, -0.15) is 0 Å². The second-order valence-electron chi connectivity index (χ2n) is 3.63. The topological polar surface area (TPSA) is 52.0 Å². The summed E-state index contributed by atoms with van der Waals surface area (Å²) in [4.78, 5) is 0. The number of nitrogen functional groups attached to an aromatic ring is 1. The van der Waals surface area contributed by atoms with Gasteiger partial charge < -0.3 is 10.3 Å². The van der Waals surface area contributed by atoms with Gasteiger partial charge in [-0.15, -0.1) is 0 Å². The molecule has 0 aliphatic heterocycles. The number of hydrogen-bond donors (Lipinski definition) is 1. The molecule has 0 aliphatic carbocycles. The highest BCUT2D eigenvalue weighted by molar-refractivity contribution is 5.61. The van der Waals surface area contributed by atoms with Gasteiger partial charge >= 0.3 is 0 Å². The Kier molecular flexibility index (Phi) is 3.05. The maximum absolute atomic E-state index is 5.77. The van der Waals surface area contributed by atoms with Crippen molar-refractivity contribution in [3.05, 3.63) is 53.4 Å². The highest BCUT2D eigenvalue weighted by atomic mass is 16.5. The van der Waals surface area contributed by atoms with Crippen LogP contribution in [0.1, 0.15) is 17.0 Å². The molecule has 0 saturated heterocycles. The molecule has 0 aliphatic rings. The van der Waals surface area contributed by atoms with Crippen LogP contribution in [-0.2, 0) is 6.42 Å². The molecule has 0 amide bonds. The van der Waals surface area contributed by atoms with Crippen LogP contribution in [0.2, 0.25) is 0 Å². The number of aromatic nitrogens is 1. The number of nitrogens with zero attached hydrogens (tertiary/aromatic N) is 1. The predicted octanol–water partition coefficient (Wildman–Crippen LogP) is 2.82. The summed E-state index contributed by atoms with van der Waals surface area (Å²) < 4.78 is 4.97. The molecular formula is C13H14N2O. The molecule has 0 radical (unpaired) electrons. The number of rotatable bonds is 3. The highest BCUT2D eigenvalue weighted by Crippen LogP contribution is 2.16. The lowest BCUT2D eigenvalue weighted by atomic mass is 10.1. The average molecular weight is 214 g/mol. The molecule has 0 saturated carbocycles. The molecule has 0 atom stereocenters. The lowest BCUT2D eigenvalue weighted by Crippen LogP contribution is -1.87. The summed E-state index contributed by atoms with van der Waals surface area (Å²) in [6.07, 6.45) is 4.79. The molecule has 2 N–H and O–H groups in total. The van der Waals surface area contributed by atoms with Crippen molar-refractivity contribution in [1.82, 2.24) is 5.16 Å². The van der Waals surface area contributed by atoms with Crippen molar-refractivity contribution in [3.63, 3.8) is 0 Å². The first kappa shape index (κ1) is 10.5. The van der Waals surface area contributed by atoms with Crippen LogP contribution in [0.3, 0.4) is 0 Å². The van der Waals surface area contributed by atoms with Crippen LogP contribution < -0.4 is 5.73 Å². The molecule has 1 aromatic carbocycles. The second kappa shape index (κ2) is 4.66. The Labute approximate surface area is 94.6 Å². The zero-order valence-electron chi connectivity index (χ0n) is 9.18. The first-order valence-corrected chi connectivity index (χ1v) is 5.19. The molecule has 2 rings (SSSR count). The minimum Gasteiger partial charge on any atom is -0.394 e. The zero-order valence-corrected chi connectivity index (χ0v) is 9.18. The predicted molar refractivity (Wildman–Crippen MR) is 64.8 cm³/mol. The monoisotopic (exact) mass is 214 g/mol. The number of aryl methyl sites for hydroxylation is 1. The fourth-order valence-corrected chi connectivity index (χ4v) is 1.44. The molecule has 0 unspecified atom stereocenters. The van der Waals surface area contributed by atoms with Crippen LogP contribution in [-0.4, -0.2) is 5.16 Å². The van der Waals surface area contributed by atoms with Gasteiger partial charge in [-0.3, -0.25) is 0 Å². The van der Waals surface area contributed by atoms with E-state index in [1.165, 1.54) is 5.56 Å². The normalized spacial score (nSPS) is 11.1. The van der Waals surface area contributed by atoms with E-state index in [-0.39, 0.29) is 0 Å². The van der Waals surface area contributed by atoms with E-state index in [9.17, 15) is 0 Å². The van der Waals surface area contributed by atoms with Crippen molar-refractivity contribution in [2.45, 2.75) is 13.3 Å². The maximum atomic E-state index is 5.77. The van der Waals surface area contributed by atoms with Gasteiger partial charge in [0.1, 0.15) is 11.4 Å². The van der Waals surface area contributed by atoms with E-state index in [4.69, 9.17) is 10.3 Å². The molecule has 82 valence electrons. The third kappa shape index (κ3) is 2.31. The van der Waals surface area contributed by atoms with Crippen LogP contribution in [0.4, 0.5) is 5.69 Å². The van der Waals surface area contributed by atoms with Gasteiger partial charge in [0.05, 0.1) is 0 Å². The first-order chi connectivity index (χ1) is 7.77. The summed E-state index contributed by atoms with van der Waals surface area (Å²) in [5, 5.41) is 3.86. The van der Waals surface area contributed by atoms with E-state index < -0.39 is 0 Å². The Morgan fingerprint density at radius 2 is 2.06 bits per heavy atom. The third-order valence-electron chi connectivity index (χ3n) is 2.41. The van der Waals surface area contributed by atoms with Crippen molar-refractivity contribution in [2.24, 2.45) is 0 Å². The minimum atomic E-state index is 0.615. The Bertz CT molecular complexity index is 486. The van der Waals surface area contributed by atoms with E-state index in [1.807, 2.05) is 30.4 Å². The van der Waals surface area contributed by atoms with E-state index >= 15 is 0 Å². The molecular weight excluding hydrogens is 200 g/mol. The standard InChI is InChI=1S/C13H14N2O/c1-10-13(14)12(15-16-10)9-5-8-11-6-3-2-4-7-11/h2-7,9H,8,14H2,1H3. The van der Waals surface area contributed by atoms with E-state index in [2.05, 4.69) is 17.3 Å². The quantitative estimate of drug-likeness (QED) is 0.854. The van der Waals surface area contributed by atoms with Gasteiger partial charge in [-0.25, -0.2) is 0 Å². The van der Waals surface area contributed by atoms with E-state index in [1.54, 1.807) is 6.92 Å². The minimum absolute atomic E-state index is 0.615.